The van der Waals surface area contributed by atoms with E-state index in [9.17, 15) is 35.2 Å². The summed E-state index contributed by atoms with van der Waals surface area (Å²) in [6.45, 7) is 0. The third kappa shape index (κ3) is 5.87. The first-order chi connectivity index (χ1) is 16.2. The molecule has 3 aromatic heterocycles. The molecule has 0 aliphatic rings. The average Bonchev–Trinajstić information content (AvgIpc) is 3.39. The lowest BCUT2D eigenvalue weighted by Gasteiger charge is -2.10. The molecule has 35 heavy (non-hydrogen) atoms. The zero-order valence-corrected chi connectivity index (χ0v) is 18.6. The van der Waals surface area contributed by atoms with Crippen LogP contribution in [0.1, 0.15) is 28.0 Å². The van der Waals surface area contributed by atoms with Gasteiger partial charge in [0.25, 0.3) is 6.43 Å². The van der Waals surface area contributed by atoms with E-state index in [2.05, 4.69) is 15.1 Å². The van der Waals surface area contributed by atoms with E-state index in [4.69, 9.17) is 16.0 Å². The number of halogens is 5. The number of fused-ring (bicyclic) bond motifs is 1. The van der Waals surface area contributed by atoms with Crippen molar-refractivity contribution in [1.82, 2.24) is 19.6 Å². The Morgan fingerprint density at radius 3 is 2.20 bits per heavy atom. The summed E-state index contributed by atoms with van der Waals surface area (Å²) in [5.74, 6) is -1.41. The van der Waals surface area contributed by atoms with Crippen molar-refractivity contribution in [1.29, 1.82) is 0 Å². The maximum absolute atomic E-state index is 13.2. The summed E-state index contributed by atoms with van der Waals surface area (Å²) in [4.78, 5) is 18.6. The van der Waals surface area contributed by atoms with Gasteiger partial charge < -0.3 is 10.8 Å². The number of primary sulfonamides is 1. The number of aromatic nitrogens is 4. The largest absolute Gasteiger partial charge is 0.477 e. The molecule has 5 N–H and O–H groups in total. The van der Waals surface area contributed by atoms with E-state index >= 15 is 0 Å². The van der Waals surface area contributed by atoms with Crippen LogP contribution in [-0.4, -0.2) is 39.1 Å². The summed E-state index contributed by atoms with van der Waals surface area (Å²) in [5, 5.41) is 17.6. The number of anilines is 1. The fourth-order valence-corrected chi connectivity index (χ4v) is 4.01. The Morgan fingerprint density at radius 1 is 1.14 bits per heavy atom. The van der Waals surface area contributed by atoms with Crippen LogP contribution in [-0.2, 0) is 16.2 Å². The first-order valence-electron chi connectivity index (χ1n) is 9.00. The minimum absolute atomic E-state index is 0.00926. The highest BCUT2D eigenvalue weighted by molar-refractivity contribution is 7.91. The van der Waals surface area contributed by atoms with Gasteiger partial charge in [-0.3, -0.25) is 0 Å². The van der Waals surface area contributed by atoms with Crippen molar-refractivity contribution in [3.63, 3.8) is 0 Å². The van der Waals surface area contributed by atoms with Gasteiger partial charge in [-0.05, 0) is 18.2 Å². The molecule has 0 radical (unpaired) electrons. The van der Waals surface area contributed by atoms with Crippen LogP contribution in [0, 0.1) is 0 Å². The molecule has 186 valence electrons. The van der Waals surface area contributed by atoms with Gasteiger partial charge in [-0.1, -0.05) is 23.5 Å². The monoisotopic (exact) mass is 536 g/mol. The van der Waals surface area contributed by atoms with Crippen molar-refractivity contribution in [2.45, 2.75) is 16.8 Å². The minimum Gasteiger partial charge on any atom is -0.477 e. The molecule has 0 unspecified atom stereocenters. The number of carboxylic acid groups (broad SMARTS) is 1. The van der Waals surface area contributed by atoms with Gasteiger partial charge in [0.1, 0.15) is 11.3 Å². The highest BCUT2D eigenvalue weighted by Gasteiger charge is 2.30. The summed E-state index contributed by atoms with van der Waals surface area (Å²) in [7, 11) is -3.61. The second kappa shape index (κ2) is 9.51. The van der Waals surface area contributed by atoms with Gasteiger partial charge in [0.2, 0.25) is 10.0 Å². The Kier molecular flexibility index (Phi) is 7.04. The van der Waals surface area contributed by atoms with Crippen LogP contribution in [0.2, 0.25) is 0 Å². The molecule has 0 amide bonds. The number of aromatic carboxylic acids is 1. The highest BCUT2D eigenvalue weighted by Crippen LogP contribution is 2.32. The fraction of sp³-hybridized carbons (Fsp3) is 0.111. The molecule has 0 fully saturated rings. The smallest absolute Gasteiger partial charge is 0.416 e. The second-order valence-electron chi connectivity index (χ2n) is 6.60. The molecule has 0 spiro atoms. The van der Waals surface area contributed by atoms with Gasteiger partial charge >= 0.3 is 12.1 Å². The maximum Gasteiger partial charge on any atom is 0.416 e. The lowest BCUT2D eigenvalue weighted by molar-refractivity contribution is -0.137. The quantitative estimate of drug-likeness (QED) is 0.334. The van der Waals surface area contributed by atoms with Crippen molar-refractivity contribution in [3.05, 3.63) is 59.5 Å². The second-order valence-corrected chi connectivity index (χ2v) is 9.45. The number of nitrogens with two attached hydrogens (primary N) is 2. The van der Waals surface area contributed by atoms with Gasteiger partial charge in [0.05, 0.1) is 23.7 Å². The number of alkyl halides is 5. The fourth-order valence-electron chi connectivity index (χ4n) is 2.67. The number of carboxylic acids is 1. The molecular weight excluding hydrogens is 523 g/mol. The number of benzene rings is 1. The number of nitrogens with zero attached hydrogens (tertiary/aromatic N) is 4. The Bertz CT molecular complexity index is 1480. The van der Waals surface area contributed by atoms with Crippen molar-refractivity contribution < 1.29 is 40.3 Å². The average molecular weight is 536 g/mol. The van der Waals surface area contributed by atoms with Crippen molar-refractivity contribution in [2.75, 3.05) is 5.73 Å². The molecule has 0 saturated heterocycles. The molecule has 4 aromatic rings. The van der Waals surface area contributed by atoms with E-state index in [1.165, 1.54) is 0 Å². The first kappa shape index (κ1) is 25.9. The normalized spacial score (nSPS) is 12.0. The number of carbonyl (C=O) groups is 1. The number of nitrogen functional groups attached to an aromatic ring is 1. The molecule has 1 aromatic carbocycles. The number of hydrogen-bond donors (Lipinski definition) is 3. The van der Waals surface area contributed by atoms with Gasteiger partial charge in [-0.25, -0.2) is 41.6 Å². The van der Waals surface area contributed by atoms with Crippen LogP contribution in [0.15, 0.2) is 46.9 Å². The predicted octanol–water partition coefficient (Wildman–Crippen LogP) is 3.42. The molecule has 0 atom stereocenters. The number of rotatable bonds is 4. The van der Waals surface area contributed by atoms with Gasteiger partial charge in [-0.2, -0.15) is 18.3 Å². The molecule has 10 nitrogen and oxygen atoms in total. The zero-order chi connectivity index (χ0) is 26.1. The molecule has 17 heteroatoms. The summed E-state index contributed by atoms with van der Waals surface area (Å²) in [6.07, 6.45) is -5.51. The Hall–Kier alpha value is -3.70. The third-order valence-electron chi connectivity index (χ3n) is 4.24. The SMILES string of the molecule is Nc1ncc(S(N)(=O)=O)s1.O=C(O)c1cnn2c(C(F)F)cc(-c3ccc(C(F)(F)F)cc3)nc12. The third-order valence-corrected chi connectivity index (χ3v) is 6.48. The number of thiazole rings is 1. The minimum atomic E-state index is -4.54. The van der Waals surface area contributed by atoms with E-state index in [1.54, 1.807) is 0 Å². The Labute approximate surface area is 196 Å². The van der Waals surface area contributed by atoms with Crippen molar-refractivity contribution >= 4 is 38.1 Å². The molecule has 3 heterocycles. The molecule has 0 aliphatic carbocycles. The molecule has 0 saturated carbocycles. The highest BCUT2D eigenvalue weighted by atomic mass is 32.2. The predicted molar refractivity (Wildman–Crippen MR) is 113 cm³/mol. The van der Waals surface area contributed by atoms with Crippen LogP contribution in [0.5, 0.6) is 0 Å². The summed E-state index contributed by atoms with van der Waals surface area (Å²) >= 11 is 0.848. The first-order valence-corrected chi connectivity index (χ1v) is 11.4. The topological polar surface area (TPSA) is 167 Å². The van der Waals surface area contributed by atoms with Crippen LogP contribution in [0.3, 0.4) is 0 Å². The van der Waals surface area contributed by atoms with Crippen LogP contribution in [0.4, 0.5) is 27.1 Å². The van der Waals surface area contributed by atoms with E-state index in [0.717, 1.165) is 54.1 Å². The lowest BCUT2D eigenvalue weighted by atomic mass is 10.1. The standard InChI is InChI=1S/C15H8F5N3O2.C3H5N3O2S2/c16-12(17)11-5-10(7-1-3-8(4-2-7)15(18,19)20)22-13-9(14(24)25)6-21-23(11)13;4-3-6-1-2(9-3)10(5,7)8/h1-6,12H,(H,24,25);1H,(H2,4,6)(H2,5,7,8). The van der Waals surface area contributed by atoms with E-state index in [1.807, 2.05) is 0 Å². The van der Waals surface area contributed by atoms with E-state index in [0.29, 0.717) is 4.52 Å². The summed E-state index contributed by atoms with van der Waals surface area (Å²) < 4.78 is 86.1. The Balaban J connectivity index is 0.000000287. The van der Waals surface area contributed by atoms with Crippen molar-refractivity contribution in [2.24, 2.45) is 5.14 Å². The van der Waals surface area contributed by atoms with Gasteiger partial charge in [0.15, 0.2) is 15.0 Å². The van der Waals surface area contributed by atoms with E-state index < -0.39 is 45.4 Å². The van der Waals surface area contributed by atoms with E-state index in [-0.39, 0.29) is 26.2 Å². The summed E-state index contributed by atoms with van der Waals surface area (Å²) in [6, 6.07) is 4.69. The van der Waals surface area contributed by atoms with Crippen LogP contribution >= 0.6 is 11.3 Å². The maximum atomic E-state index is 13.2. The number of hydrogen-bond acceptors (Lipinski definition) is 8. The number of sulfonamides is 1. The van der Waals surface area contributed by atoms with Crippen LogP contribution in [0.25, 0.3) is 16.9 Å². The molecular formula is C18H13F5N6O4S2. The van der Waals surface area contributed by atoms with Gasteiger partial charge in [0, 0.05) is 5.56 Å². The van der Waals surface area contributed by atoms with Gasteiger partial charge in [-0.15, -0.1) is 0 Å². The summed E-state index contributed by atoms with van der Waals surface area (Å²) in [5.41, 5.74) is 2.98. The molecule has 0 bridgehead atoms. The van der Waals surface area contributed by atoms with Crippen LogP contribution < -0.4 is 10.9 Å². The Morgan fingerprint density at radius 2 is 1.77 bits per heavy atom. The lowest BCUT2D eigenvalue weighted by Crippen LogP contribution is -2.09. The van der Waals surface area contributed by atoms with Crippen molar-refractivity contribution in [3.8, 4) is 11.3 Å². The zero-order valence-electron chi connectivity index (χ0n) is 16.9. The molecule has 4 rings (SSSR count). The molecule has 0 aliphatic heterocycles.